The highest BCUT2D eigenvalue weighted by Gasteiger charge is 2.26. The zero-order valence-electron chi connectivity index (χ0n) is 16.2. The Morgan fingerprint density at radius 3 is 2.63 bits per heavy atom. The lowest BCUT2D eigenvalue weighted by molar-refractivity contribution is -0.145. The number of benzene rings is 1. The summed E-state index contributed by atoms with van der Waals surface area (Å²) in [6.45, 7) is 1.09. The molecule has 0 spiro atoms. The van der Waals surface area contributed by atoms with Gasteiger partial charge in [-0.15, -0.1) is 11.3 Å². The fourth-order valence-electron chi connectivity index (χ4n) is 3.18. The van der Waals surface area contributed by atoms with Gasteiger partial charge in [0.1, 0.15) is 0 Å². The second kappa shape index (κ2) is 9.07. The summed E-state index contributed by atoms with van der Waals surface area (Å²) in [6.07, 6.45) is 2.43. The molecule has 0 atom stereocenters. The molecule has 0 saturated carbocycles. The van der Waals surface area contributed by atoms with E-state index in [1.165, 1.54) is 15.6 Å². The first-order chi connectivity index (χ1) is 14.5. The van der Waals surface area contributed by atoms with Crippen LogP contribution in [0.5, 0.6) is 0 Å². The molecule has 1 aromatic carbocycles. The molecule has 158 valence electrons. The molecule has 30 heavy (non-hydrogen) atoms. The highest BCUT2D eigenvalue weighted by molar-refractivity contribution is 7.89. The quantitative estimate of drug-likeness (QED) is 0.488. The molecule has 0 bridgehead atoms. The number of carbonyl (C=O) groups is 1. The van der Waals surface area contributed by atoms with E-state index in [0.717, 1.165) is 23.3 Å². The van der Waals surface area contributed by atoms with Gasteiger partial charge in [-0.3, -0.25) is 4.79 Å². The third kappa shape index (κ3) is 4.77. The fraction of sp³-hybridized carbons (Fsp3) is 0.350. The molecule has 0 unspecified atom stereocenters. The van der Waals surface area contributed by atoms with Crippen LogP contribution in [0.25, 0.3) is 10.8 Å². The lowest BCUT2D eigenvalue weighted by Crippen LogP contribution is -2.27. The van der Waals surface area contributed by atoms with Crippen molar-refractivity contribution in [2.75, 3.05) is 13.1 Å². The normalized spacial score (nSPS) is 14.8. The van der Waals surface area contributed by atoms with Gasteiger partial charge in [0.25, 0.3) is 5.89 Å². The Bertz CT molecular complexity index is 1090. The minimum atomic E-state index is -3.42. The summed E-state index contributed by atoms with van der Waals surface area (Å²) < 4.78 is 37.0. The van der Waals surface area contributed by atoms with Crippen LogP contribution in [0.15, 0.2) is 51.2 Å². The fourth-order valence-corrected chi connectivity index (χ4v) is 5.34. The van der Waals surface area contributed by atoms with Crippen molar-refractivity contribution in [3.8, 4) is 10.8 Å². The van der Waals surface area contributed by atoms with E-state index in [-0.39, 0.29) is 23.9 Å². The second-order valence-corrected chi connectivity index (χ2v) is 9.79. The largest absolute Gasteiger partial charge is 0.457 e. The van der Waals surface area contributed by atoms with Crippen LogP contribution in [0.2, 0.25) is 0 Å². The van der Waals surface area contributed by atoms with Gasteiger partial charge >= 0.3 is 5.97 Å². The van der Waals surface area contributed by atoms with Crippen molar-refractivity contribution < 1.29 is 22.5 Å². The molecule has 3 aromatic rings. The topological polar surface area (TPSA) is 103 Å². The Morgan fingerprint density at radius 1 is 1.17 bits per heavy atom. The Morgan fingerprint density at radius 2 is 1.93 bits per heavy atom. The van der Waals surface area contributed by atoms with Crippen LogP contribution >= 0.6 is 11.3 Å². The SMILES string of the molecule is O=C(CCc1ccc(S(=O)(=O)N2CCCC2)cc1)OCc1noc(-c2cccs2)n1. The third-order valence-corrected chi connectivity index (χ3v) is 7.58. The molecule has 0 radical (unpaired) electrons. The molecule has 1 aliphatic rings. The molecule has 0 aliphatic carbocycles. The molecule has 1 fully saturated rings. The van der Waals surface area contributed by atoms with Crippen LogP contribution in [0.1, 0.15) is 30.7 Å². The lowest BCUT2D eigenvalue weighted by Gasteiger charge is -2.15. The van der Waals surface area contributed by atoms with Crippen LogP contribution in [0.3, 0.4) is 0 Å². The van der Waals surface area contributed by atoms with Crippen molar-refractivity contribution in [1.82, 2.24) is 14.4 Å². The van der Waals surface area contributed by atoms with Crippen molar-refractivity contribution in [2.24, 2.45) is 0 Å². The van der Waals surface area contributed by atoms with Gasteiger partial charge in [-0.2, -0.15) is 9.29 Å². The van der Waals surface area contributed by atoms with Crippen LogP contribution in [0.4, 0.5) is 0 Å². The number of esters is 1. The van der Waals surface area contributed by atoms with Gasteiger partial charge in [-0.25, -0.2) is 8.42 Å². The van der Waals surface area contributed by atoms with E-state index in [2.05, 4.69) is 10.1 Å². The number of nitrogens with zero attached hydrogens (tertiary/aromatic N) is 3. The molecular weight excluding hydrogens is 426 g/mol. The molecule has 0 amide bonds. The standard InChI is InChI=1S/C20H21N3O5S2/c24-19(27-14-18-21-20(28-22-18)17-4-3-13-29-17)10-7-15-5-8-16(9-6-15)30(25,26)23-11-1-2-12-23/h3-6,8-9,13H,1-2,7,10-12,14H2. The average molecular weight is 448 g/mol. The van der Waals surface area contributed by atoms with E-state index < -0.39 is 10.0 Å². The van der Waals surface area contributed by atoms with Gasteiger partial charge in [0.05, 0.1) is 9.77 Å². The molecule has 4 rings (SSSR count). The van der Waals surface area contributed by atoms with E-state index in [1.807, 2.05) is 17.5 Å². The molecule has 3 heterocycles. The number of aromatic nitrogens is 2. The van der Waals surface area contributed by atoms with Gasteiger partial charge in [0, 0.05) is 19.5 Å². The maximum absolute atomic E-state index is 12.5. The first-order valence-corrected chi connectivity index (χ1v) is 12.0. The van der Waals surface area contributed by atoms with Gasteiger partial charge < -0.3 is 9.26 Å². The van der Waals surface area contributed by atoms with E-state index in [1.54, 1.807) is 24.3 Å². The summed E-state index contributed by atoms with van der Waals surface area (Å²) in [7, 11) is -3.42. The first kappa shape index (κ1) is 20.7. The van der Waals surface area contributed by atoms with Crippen molar-refractivity contribution in [3.05, 3.63) is 53.2 Å². The summed E-state index contributed by atoms with van der Waals surface area (Å²) >= 11 is 1.48. The smallest absolute Gasteiger partial charge is 0.306 e. The number of rotatable bonds is 8. The van der Waals surface area contributed by atoms with E-state index in [4.69, 9.17) is 9.26 Å². The molecule has 2 aromatic heterocycles. The van der Waals surface area contributed by atoms with Crippen molar-refractivity contribution in [2.45, 2.75) is 37.2 Å². The Labute approximate surface area is 178 Å². The molecule has 1 aliphatic heterocycles. The molecule has 1 saturated heterocycles. The molecular formula is C20H21N3O5S2. The Hall–Kier alpha value is -2.56. The molecule has 0 N–H and O–H groups in total. The number of ether oxygens (including phenoxy) is 1. The monoisotopic (exact) mass is 447 g/mol. The number of hydrogen-bond acceptors (Lipinski definition) is 8. The summed E-state index contributed by atoms with van der Waals surface area (Å²) in [4.78, 5) is 17.4. The lowest BCUT2D eigenvalue weighted by atomic mass is 10.1. The van der Waals surface area contributed by atoms with Crippen LogP contribution in [-0.2, 0) is 32.6 Å². The first-order valence-electron chi connectivity index (χ1n) is 9.63. The van der Waals surface area contributed by atoms with Crippen LogP contribution in [-0.4, -0.2) is 41.9 Å². The number of sulfonamides is 1. The summed E-state index contributed by atoms with van der Waals surface area (Å²) in [6, 6.07) is 10.4. The minimum absolute atomic E-state index is 0.0548. The van der Waals surface area contributed by atoms with Crippen molar-refractivity contribution in [3.63, 3.8) is 0 Å². The second-order valence-electron chi connectivity index (χ2n) is 6.91. The number of aryl methyl sites for hydroxylation is 1. The Balaban J connectivity index is 1.26. The minimum Gasteiger partial charge on any atom is -0.457 e. The van der Waals surface area contributed by atoms with Crippen molar-refractivity contribution >= 4 is 27.3 Å². The van der Waals surface area contributed by atoms with E-state index in [0.29, 0.717) is 31.2 Å². The third-order valence-electron chi connectivity index (χ3n) is 4.81. The zero-order valence-corrected chi connectivity index (χ0v) is 17.8. The zero-order chi connectivity index (χ0) is 21.0. The summed E-state index contributed by atoms with van der Waals surface area (Å²) in [5.41, 5.74) is 0.867. The molecule has 8 nitrogen and oxygen atoms in total. The van der Waals surface area contributed by atoms with Crippen molar-refractivity contribution in [1.29, 1.82) is 0 Å². The van der Waals surface area contributed by atoms with Gasteiger partial charge in [-0.1, -0.05) is 23.4 Å². The van der Waals surface area contributed by atoms with Crippen LogP contribution in [0, 0.1) is 0 Å². The van der Waals surface area contributed by atoms with Gasteiger partial charge in [0.15, 0.2) is 6.61 Å². The van der Waals surface area contributed by atoms with Crippen LogP contribution < -0.4 is 0 Å². The van der Waals surface area contributed by atoms with E-state index in [9.17, 15) is 13.2 Å². The highest BCUT2D eigenvalue weighted by atomic mass is 32.2. The number of hydrogen-bond donors (Lipinski definition) is 0. The summed E-state index contributed by atoms with van der Waals surface area (Å²) in [5, 5.41) is 5.72. The predicted octanol–water partition coefficient (Wildman–Crippen LogP) is 3.26. The Kier molecular flexibility index (Phi) is 6.26. The number of carbonyl (C=O) groups excluding carboxylic acids is 1. The average Bonchev–Trinajstić information content (AvgIpc) is 3.52. The van der Waals surface area contributed by atoms with Gasteiger partial charge in [0.2, 0.25) is 15.8 Å². The van der Waals surface area contributed by atoms with Gasteiger partial charge in [-0.05, 0) is 48.4 Å². The van der Waals surface area contributed by atoms with E-state index >= 15 is 0 Å². The maximum Gasteiger partial charge on any atom is 0.306 e. The maximum atomic E-state index is 12.5. The predicted molar refractivity (Wildman–Crippen MR) is 110 cm³/mol. The molecule has 10 heteroatoms. The highest BCUT2D eigenvalue weighted by Crippen LogP contribution is 2.23. The number of thiophene rings is 1. The summed E-state index contributed by atoms with van der Waals surface area (Å²) in [5.74, 6) is 0.328.